The van der Waals surface area contributed by atoms with Crippen molar-refractivity contribution in [2.45, 2.75) is 19.6 Å². The smallest absolute Gasteiger partial charge is 0.379 e. The highest BCUT2D eigenvalue weighted by molar-refractivity contribution is 5.83. The number of ether oxygens (including phenoxy) is 1. The monoisotopic (exact) mass is 341 g/mol. The highest BCUT2D eigenvalue weighted by atomic mass is 19.4. The zero-order chi connectivity index (χ0) is 17.4. The first-order valence-electron chi connectivity index (χ1n) is 7.14. The largest absolute Gasteiger partial charge is 0.471 e. The van der Waals surface area contributed by atoms with Gasteiger partial charge in [-0.15, -0.1) is 0 Å². The summed E-state index contributed by atoms with van der Waals surface area (Å²) in [5.74, 6) is -1.62. The van der Waals surface area contributed by atoms with Crippen LogP contribution in [0.5, 0.6) is 0 Å². The number of nitrogens with one attached hydrogen (secondary N) is 1. The van der Waals surface area contributed by atoms with Gasteiger partial charge >= 0.3 is 12.1 Å². The lowest BCUT2D eigenvalue weighted by atomic mass is 9.87. The SMILES string of the molecule is CC1(C(=O)NCc2ccc(-c3noc(C(F)(F)F)n3)cc2)COC1. The molecule has 1 aliphatic heterocycles. The van der Waals surface area contributed by atoms with E-state index in [9.17, 15) is 18.0 Å². The van der Waals surface area contributed by atoms with Gasteiger partial charge in [-0.1, -0.05) is 29.4 Å². The van der Waals surface area contributed by atoms with Gasteiger partial charge in [-0.05, 0) is 12.5 Å². The summed E-state index contributed by atoms with van der Waals surface area (Å²) in [5, 5.41) is 6.13. The van der Waals surface area contributed by atoms with E-state index in [1.165, 1.54) is 0 Å². The van der Waals surface area contributed by atoms with Crippen LogP contribution in [0.2, 0.25) is 0 Å². The number of amides is 1. The van der Waals surface area contributed by atoms with Crippen molar-refractivity contribution < 1.29 is 27.2 Å². The Morgan fingerprint density at radius 2 is 1.96 bits per heavy atom. The van der Waals surface area contributed by atoms with Gasteiger partial charge in [0, 0.05) is 12.1 Å². The molecule has 2 aromatic rings. The number of carbonyl (C=O) groups excluding carboxylic acids is 1. The number of nitrogens with zero attached hydrogens (tertiary/aromatic N) is 2. The second kappa shape index (κ2) is 5.90. The van der Waals surface area contributed by atoms with Crippen molar-refractivity contribution in [1.29, 1.82) is 0 Å². The third-order valence-electron chi connectivity index (χ3n) is 3.72. The third-order valence-corrected chi connectivity index (χ3v) is 3.72. The molecule has 1 aromatic carbocycles. The summed E-state index contributed by atoms with van der Waals surface area (Å²) in [5.41, 5.74) is 0.706. The second-order valence-electron chi connectivity index (χ2n) is 5.85. The fourth-order valence-corrected chi connectivity index (χ4v) is 2.16. The molecule has 1 N–H and O–H groups in total. The Bertz CT molecular complexity index is 736. The highest BCUT2D eigenvalue weighted by Crippen LogP contribution is 2.29. The maximum absolute atomic E-state index is 12.4. The maximum Gasteiger partial charge on any atom is 0.471 e. The van der Waals surface area contributed by atoms with Crippen LogP contribution in [0, 0.1) is 5.41 Å². The minimum Gasteiger partial charge on any atom is -0.379 e. The van der Waals surface area contributed by atoms with E-state index in [0.29, 0.717) is 25.3 Å². The van der Waals surface area contributed by atoms with E-state index in [0.717, 1.165) is 5.56 Å². The van der Waals surface area contributed by atoms with Crippen molar-refractivity contribution in [3.63, 3.8) is 0 Å². The first-order chi connectivity index (χ1) is 11.3. The van der Waals surface area contributed by atoms with Gasteiger partial charge in [0.15, 0.2) is 0 Å². The highest BCUT2D eigenvalue weighted by Gasteiger charge is 2.41. The molecule has 1 amide bonds. The predicted molar refractivity (Wildman–Crippen MR) is 75.5 cm³/mol. The molecule has 9 heteroatoms. The first-order valence-corrected chi connectivity index (χ1v) is 7.14. The maximum atomic E-state index is 12.4. The molecule has 6 nitrogen and oxygen atoms in total. The summed E-state index contributed by atoms with van der Waals surface area (Å²) in [6, 6.07) is 6.50. The van der Waals surface area contributed by atoms with Gasteiger partial charge in [0.2, 0.25) is 11.7 Å². The van der Waals surface area contributed by atoms with Crippen molar-refractivity contribution in [2.75, 3.05) is 13.2 Å². The normalized spacial score (nSPS) is 16.5. The molecule has 0 saturated carbocycles. The number of alkyl halides is 3. The Labute approximate surface area is 135 Å². The molecule has 128 valence electrons. The standard InChI is InChI=1S/C15H14F3N3O3/c1-14(7-23-8-14)12(22)19-6-9-2-4-10(5-3-9)11-20-13(24-21-11)15(16,17)18/h2-5H,6-8H2,1H3,(H,19,22). The summed E-state index contributed by atoms with van der Waals surface area (Å²) >= 11 is 0. The Kier molecular flexibility index (Phi) is 4.04. The molecule has 0 bridgehead atoms. The van der Waals surface area contributed by atoms with E-state index in [2.05, 4.69) is 20.0 Å². The lowest BCUT2D eigenvalue weighted by molar-refractivity contribution is -0.159. The van der Waals surface area contributed by atoms with E-state index in [1.807, 2.05) is 6.92 Å². The molecule has 2 heterocycles. The van der Waals surface area contributed by atoms with E-state index in [1.54, 1.807) is 24.3 Å². The summed E-state index contributed by atoms with van der Waals surface area (Å²) in [4.78, 5) is 15.3. The molecule has 0 radical (unpaired) electrons. The van der Waals surface area contributed by atoms with Crippen LogP contribution in [0.25, 0.3) is 11.4 Å². The molecule has 0 atom stereocenters. The van der Waals surface area contributed by atoms with E-state index in [-0.39, 0.29) is 11.7 Å². The first kappa shape index (κ1) is 16.4. The fourth-order valence-electron chi connectivity index (χ4n) is 2.16. The van der Waals surface area contributed by atoms with Gasteiger partial charge < -0.3 is 14.6 Å². The fraction of sp³-hybridized carbons (Fsp3) is 0.400. The van der Waals surface area contributed by atoms with Crippen LogP contribution in [0.15, 0.2) is 28.8 Å². The van der Waals surface area contributed by atoms with Gasteiger partial charge in [-0.3, -0.25) is 4.79 Å². The lowest BCUT2D eigenvalue weighted by Crippen LogP contribution is -2.51. The number of benzene rings is 1. The molecular formula is C15H14F3N3O3. The average Bonchev–Trinajstić information content (AvgIpc) is 3.01. The lowest BCUT2D eigenvalue weighted by Gasteiger charge is -2.36. The van der Waals surface area contributed by atoms with Gasteiger partial charge in [0.1, 0.15) is 0 Å². The van der Waals surface area contributed by atoms with Crippen LogP contribution in [0.3, 0.4) is 0 Å². The van der Waals surface area contributed by atoms with E-state index in [4.69, 9.17) is 4.74 Å². The molecule has 1 aromatic heterocycles. The van der Waals surface area contributed by atoms with E-state index < -0.39 is 17.5 Å². The molecule has 1 saturated heterocycles. The summed E-state index contributed by atoms with van der Waals surface area (Å²) in [7, 11) is 0. The molecule has 1 fully saturated rings. The zero-order valence-corrected chi connectivity index (χ0v) is 12.7. The van der Waals surface area contributed by atoms with Gasteiger partial charge in [0.05, 0.1) is 18.6 Å². The van der Waals surface area contributed by atoms with Crippen LogP contribution >= 0.6 is 0 Å². The summed E-state index contributed by atoms with van der Waals surface area (Å²) < 4.78 is 46.6. The Morgan fingerprint density at radius 1 is 1.29 bits per heavy atom. The number of aromatic nitrogens is 2. The van der Waals surface area contributed by atoms with Crippen LogP contribution in [0.1, 0.15) is 18.4 Å². The Balaban J connectivity index is 1.63. The number of rotatable bonds is 4. The van der Waals surface area contributed by atoms with Gasteiger partial charge in [-0.25, -0.2) is 0 Å². The third kappa shape index (κ3) is 3.25. The van der Waals surface area contributed by atoms with Crippen molar-refractivity contribution in [3.8, 4) is 11.4 Å². The number of hydrogen-bond donors (Lipinski definition) is 1. The van der Waals surface area contributed by atoms with E-state index >= 15 is 0 Å². The molecule has 0 unspecified atom stereocenters. The van der Waals surface area contributed by atoms with Crippen LogP contribution < -0.4 is 5.32 Å². The molecule has 1 aliphatic rings. The van der Waals surface area contributed by atoms with Crippen molar-refractivity contribution in [3.05, 3.63) is 35.7 Å². The van der Waals surface area contributed by atoms with Crippen LogP contribution in [-0.2, 0) is 22.3 Å². The van der Waals surface area contributed by atoms with Crippen LogP contribution in [0.4, 0.5) is 13.2 Å². The zero-order valence-electron chi connectivity index (χ0n) is 12.7. The summed E-state index contributed by atoms with van der Waals surface area (Å²) in [6.45, 7) is 2.94. The Morgan fingerprint density at radius 3 is 2.46 bits per heavy atom. The molecule has 0 spiro atoms. The Hall–Kier alpha value is -2.42. The summed E-state index contributed by atoms with van der Waals surface area (Å²) in [6.07, 6.45) is -4.67. The quantitative estimate of drug-likeness (QED) is 0.924. The van der Waals surface area contributed by atoms with Crippen molar-refractivity contribution >= 4 is 5.91 Å². The number of hydrogen-bond acceptors (Lipinski definition) is 5. The van der Waals surface area contributed by atoms with Crippen LogP contribution in [-0.4, -0.2) is 29.3 Å². The second-order valence-corrected chi connectivity index (χ2v) is 5.85. The molecular weight excluding hydrogens is 327 g/mol. The topological polar surface area (TPSA) is 77.3 Å². The average molecular weight is 341 g/mol. The predicted octanol–water partition coefficient (Wildman–Crippen LogP) is 2.41. The molecule has 0 aliphatic carbocycles. The molecule has 3 rings (SSSR count). The van der Waals surface area contributed by atoms with Crippen molar-refractivity contribution in [1.82, 2.24) is 15.5 Å². The van der Waals surface area contributed by atoms with Crippen molar-refractivity contribution in [2.24, 2.45) is 5.41 Å². The van der Waals surface area contributed by atoms with Gasteiger partial charge in [-0.2, -0.15) is 18.2 Å². The van der Waals surface area contributed by atoms with Gasteiger partial charge in [0.25, 0.3) is 0 Å². The molecule has 24 heavy (non-hydrogen) atoms. The number of halogens is 3. The number of carbonyl (C=O) groups is 1. The minimum absolute atomic E-state index is 0.0918. The minimum atomic E-state index is -4.67.